The molecule has 2 aromatic carbocycles. The number of nitro groups is 1. The zero-order chi connectivity index (χ0) is 14.7. The lowest BCUT2D eigenvalue weighted by atomic mass is 10.1. The van der Waals surface area contributed by atoms with E-state index in [2.05, 4.69) is 21.2 Å². The van der Waals surface area contributed by atoms with Gasteiger partial charge in [0.2, 0.25) is 0 Å². The van der Waals surface area contributed by atoms with Gasteiger partial charge in [0.25, 0.3) is 5.69 Å². The molecule has 0 fully saturated rings. The van der Waals surface area contributed by atoms with Crippen molar-refractivity contribution < 1.29 is 14.8 Å². The highest BCUT2D eigenvalue weighted by atomic mass is 79.9. The lowest BCUT2D eigenvalue weighted by Gasteiger charge is -2.09. The van der Waals surface area contributed by atoms with E-state index in [1.54, 1.807) is 18.2 Å². The van der Waals surface area contributed by atoms with E-state index in [4.69, 9.17) is 5.11 Å². The first-order chi connectivity index (χ1) is 9.47. The standard InChI is InChI=1S/C13H9BrN2O4/c14-8-2-1-3-9(6-8)15-12-5-4-10(16(19)20)7-11(12)13(17)18/h1-7,15H,(H,17,18). The molecule has 2 rings (SSSR count). The first-order valence-corrected chi connectivity index (χ1v) is 6.31. The summed E-state index contributed by atoms with van der Waals surface area (Å²) in [6.07, 6.45) is 0. The van der Waals surface area contributed by atoms with Gasteiger partial charge in [-0.2, -0.15) is 0 Å². The number of nitrogens with zero attached hydrogens (tertiary/aromatic N) is 1. The smallest absolute Gasteiger partial charge is 0.338 e. The summed E-state index contributed by atoms with van der Waals surface area (Å²) in [6, 6.07) is 10.8. The van der Waals surface area contributed by atoms with Crippen LogP contribution in [0.5, 0.6) is 0 Å². The van der Waals surface area contributed by atoms with Crippen LogP contribution in [-0.2, 0) is 0 Å². The van der Waals surface area contributed by atoms with Gasteiger partial charge in [0.05, 0.1) is 16.2 Å². The van der Waals surface area contributed by atoms with Crippen molar-refractivity contribution in [3.8, 4) is 0 Å². The maximum atomic E-state index is 11.2. The number of benzene rings is 2. The summed E-state index contributed by atoms with van der Waals surface area (Å²) in [5, 5.41) is 22.7. The van der Waals surface area contributed by atoms with Crippen molar-refractivity contribution in [1.29, 1.82) is 0 Å². The molecule has 2 aromatic rings. The maximum absolute atomic E-state index is 11.2. The zero-order valence-electron chi connectivity index (χ0n) is 10.0. The number of nitro benzene ring substituents is 1. The van der Waals surface area contributed by atoms with Crippen LogP contribution in [0.4, 0.5) is 17.1 Å². The first kappa shape index (κ1) is 14.0. The Hall–Kier alpha value is -2.41. The SMILES string of the molecule is O=C(O)c1cc([N+](=O)[O-])ccc1Nc1cccc(Br)c1. The summed E-state index contributed by atoms with van der Waals surface area (Å²) in [6.45, 7) is 0. The van der Waals surface area contributed by atoms with E-state index in [1.807, 2.05) is 6.07 Å². The van der Waals surface area contributed by atoms with Crippen molar-refractivity contribution >= 4 is 39.0 Å². The van der Waals surface area contributed by atoms with Crippen LogP contribution in [0.1, 0.15) is 10.4 Å². The monoisotopic (exact) mass is 336 g/mol. The number of hydrogen-bond donors (Lipinski definition) is 2. The third-order valence-corrected chi connectivity index (χ3v) is 3.04. The average Bonchev–Trinajstić information content (AvgIpc) is 2.38. The number of carboxylic acid groups (broad SMARTS) is 1. The fourth-order valence-corrected chi connectivity index (χ4v) is 2.05. The molecule has 0 spiro atoms. The Morgan fingerprint density at radius 3 is 2.60 bits per heavy atom. The van der Waals surface area contributed by atoms with E-state index in [0.29, 0.717) is 11.4 Å². The summed E-state index contributed by atoms with van der Waals surface area (Å²) in [4.78, 5) is 21.2. The van der Waals surface area contributed by atoms with Crippen LogP contribution in [0.15, 0.2) is 46.9 Å². The minimum absolute atomic E-state index is 0.154. The largest absolute Gasteiger partial charge is 0.478 e. The normalized spacial score (nSPS) is 10.1. The summed E-state index contributed by atoms with van der Waals surface area (Å²) in [7, 11) is 0. The second-order valence-electron chi connectivity index (χ2n) is 3.93. The number of non-ortho nitro benzene ring substituents is 1. The number of carbonyl (C=O) groups is 1. The number of anilines is 2. The summed E-state index contributed by atoms with van der Waals surface area (Å²) < 4.78 is 0.835. The van der Waals surface area contributed by atoms with Crippen molar-refractivity contribution in [1.82, 2.24) is 0 Å². The average molecular weight is 337 g/mol. The molecule has 0 atom stereocenters. The van der Waals surface area contributed by atoms with Crippen molar-refractivity contribution in [2.45, 2.75) is 0 Å². The van der Waals surface area contributed by atoms with Crippen molar-refractivity contribution in [2.24, 2.45) is 0 Å². The molecular weight excluding hydrogens is 328 g/mol. The molecule has 0 bridgehead atoms. The van der Waals surface area contributed by atoms with Crippen LogP contribution in [0, 0.1) is 10.1 Å². The van der Waals surface area contributed by atoms with Gasteiger partial charge in [-0.1, -0.05) is 22.0 Å². The molecule has 0 saturated carbocycles. The van der Waals surface area contributed by atoms with E-state index >= 15 is 0 Å². The summed E-state index contributed by atoms with van der Waals surface area (Å²) >= 11 is 3.31. The number of halogens is 1. The van der Waals surface area contributed by atoms with Crippen molar-refractivity contribution in [3.05, 3.63) is 62.6 Å². The highest BCUT2D eigenvalue weighted by molar-refractivity contribution is 9.10. The van der Waals surface area contributed by atoms with Gasteiger partial charge < -0.3 is 10.4 Å². The van der Waals surface area contributed by atoms with Gasteiger partial charge in [-0.25, -0.2) is 4.79 Å². The van der Waals surface area contributed by atoms with Gasteiger partial charge in [-0.15, -0.1) is 0 Å². The van der Waals surface area contributed by atoms with Crippen LogP contribution in [0.2, 0.25) is 0 Å². The van der Waals surface area contributed by atoms with Gasteiger partial charge in [-0.3, -0.25) is 10.1 Å². The molecule has 2 N–H and O–H groups in total. The van der Waals surface area contributed by atoms with E-state index in [1.165, 1.54) is 12.1 Å². The summed E-state index contributed by atoms with van der Waals surface area (Å²) in [5.74, 6) is -1.23. The molecule has 0 unspecified atom stereocenters. The van der Waals surface area contributed by atoms with Gasteiger partial charge in [0, 0.05) is 22.3 Å². The highest BCUT2D eigenvalue weighted by Crippen LogP contribution is 2.26. The Morgan fingerprint density at radius 1 is 1.25 bits per heavy atom. The molecule has 6 nitrogen and oxygen atoms in total. The quantitative estimate of drug-likeness (QED) is 0.654. The Kier molecular flexibility index (Phi) is 3.99. The van der Waals surface area contributed by atoms with Gasteiger partial charge >= 0.3 is 5.97 Å². The maximum Gasteiger partial charge on any atom is 0.338 e. The Labute approximate surface area is 122 Å². The van der Waals surface area contributed by atoms with E-state index < -0.39 is 10.9 Å². The van der Waals surface area contributed by atoms with Crippen LogP contribution in [0.3, 0.4) is 0 Å². The minimum atomic E-state index is -1.23. The Morgan fingerprint density at radius 2 is 2.00 bits per heavy atom. The molecule has 0 aliphatic carbocycles. The number of rotatable bonds is 4. The lowest BCUT2D eigenvalue weighted by Crippen LogP contribution is -2.04. The number of nitrogens with one attached hydrogen (secondary N) is 1. The molecule has 0 heterocycles. The van der Waals surface area contributed by atoms with Gasteiger partial charge in [-0.05, 0) is 24.3 Å². The fourth-order valence-electron chi connectivity index (χ4n) is 1.65. The topological polar surface area (TPSA) is 92.5 Å². The molecule has 102 valence electrons. The Balaban J connectivity index is 2.41. The second kappa shape index (κ2) is 5.70. The molecular formula is C13H9BrN2O4. The fraction of sp³-hybridized carbons (Fsp3) is 0. The lowest BCUT2D eigenvalue weighted by molar-refractivity contribution is -0.384. The molecule has 0 aromatic heterocycles. The van der Waals surface area contributed by atoms with E-state index in [9.17, 15) is 14.9 Å². The van der Waals surface area contributed by atoms with Crippen LogP contribution in [-0.4, -0.2) is 16.0 Å². The molecule has 0 saturated heterocycles. The number of aromatic carboxylic acids is 1. The number of hydrogen-bond acceptors (Lipinski definition) is 4. The second-order valence-corrected chi connectivity index (χ2v) is 4.84. The first-order valence-electron chi connectivity index (χ1n) is 5.51. The summed E-state index contributed by atoms with van der Waals surface area (Å²) in [5.41, 5.74) is 0.554. The molecule has 7 heteroatoms. The van der Waals surface area contributed by atoms with Gasteiger partial charge in [0.1, 0.15) is 0 Å². The number of carboxylic acids is 1. The van der Waals surface area contributed by atoms with Crippen molar-refractivity contribution in [2.75, 3.05) is 5.32 Å². The van der Waals surface area contributed by atoms with Crippen LogP contribution in [0.25, 0.3) is 0 Å². The van der Waals surface area contributed by atoms with Gasteiger partial charge in [0.15, 0.2) is 0 Å². The zero-order valence-corrected chi connectivity index (χ0v) is 11.6. The molecule has 0 amide bonds. The minimum Gasteiger partial charge on any atom is -0.478 e. The van der Waals surface area contributed by atoms with E-state index in [-0.39, 0.29) is 11.3 Å². The molecule has 0 aliphatic heterocycles. The molecule has 0 aliphatic rings. The Bertz CT molecular complexity index is 688. The van der Waals surface area contributed by atoms with Crippen molar-refractivity contribution in [3.63, 3.8) is 0 Å². The predicted molar refractivity (Wildman–Crippen MR) is 77.5 cm³/mol. The molecule has 20 heavy (non-hydrogen) atoms. The van der Waals surface area contributed by atoms with E-state index in [0.717, 1.165) is 10.5 Å². The highest BCUT2D eigenvalue weighted by Gasteiger charge is 2.16. The predicted octanol–water partition coefficient (Wildman–Crippen LogP) is 3.80. The third-order valence-electron chi connectivity index (χ3n) is 2.55. The van der Waals surface area contributed by atoms with Crippen LogP contribution >= 0.6 is 15.9 Å². The van der Waals surface area contributed by atoms with Crippen LogP contribution < -0.4 is 5.32 Å². The third kappa shape index (κ3) is 3.12. The molecule has 0 radical (unpaired) electrons.